The van der Waals surface area contributed by atoms with Gasteiger partial charge in [-0.1, -0.05) is 6.42 Å². The Kier molecular flexibility index (Phi) is 3.41. The van der Waals surface area contributed by atoms with Gasteiger partial charge in [0.1, 0.15) is 9.80 Å². The van der Waals surface area contributed by atoms with Crippen LogP contribution >= 0.6 is 22.6 Å². The quantitative estimate of drug-likeness (QED) is 0.775. The smallest absolute Gasteiger partial charge is 0.225 e. The van der Waals surface area contributed by atoms with Crippen molar-refractivity contribution >= 4 is 33.5 Å². The number of fused-ring (bicyclic) bond motifs is 1. The summed E-state index contributed by atoms with van der Waals surface area (Å²) in [7, 11) is 1.95. The van der Waals surface area contributed by atoms with E-state index in [0.717, 1.165) is 33.3 Å². The highest BCUT2D eigenvalue weighted by atomic mass is 127. The molecule has 0 aromatic carbocycles. The van der Waals surface area contributed by atoms with E-state index in [4.69, 9.17) is 4.74 Å². The lowest BCUT2D eigenvalue weighted by Gasteiger charge is -2.22. The summed E-state index contributed by atoms with van der Waals surface area (Å²) in [5, 5.41) is 5.47. The molecule has 0 aliphatic heterocycles. The van der Waals surface area contributed by atoms with Crippen molar-refractivity contribution in [3.8, 4) is 5.88 Å². The molecule has 0 N–H and O–H groups in total. The van der Waals surface area contributed by atoms with Gasteiger partial charge in [-0.3, -0.25) is 4.68 Å². The largest absolute Gasteiger partial charge is 0.474 e. The minimum Gasteiger partial charge on any atom is -0.474 e. The highest BCUT2D eigenvalue weighted by molar-refractivity contribution is 14.1. The number of hydrogen-bond acceptors (Lipinski definition) is 3. The summed E-state index contributed by atoms with van der Waals surface area (Å²) in [6, 6.07) is 1.98. The maximum Gasteiger partial charge on any atom is 0.225 e. The van der Waals surface area contributed by atoms with Gasteiger partial charge >= 0.3 is 0 Å². The van der Waals surface area contributed by atoms with Crippen molar-refractivity contribution in [1.82, 2.24) is 14.8 Å². The molecular formula is C13H16IN3O. The first kappa shape index (κ1) is 12.2. The third-order valence-corrected chi connectivity index (χ3v) is 4.27. The zero-order valence-electron chi connectivity index (χ0n) is 10.4. The molecule has 96 valence electrons. The molecule has 0 radical (unpaired) electrons. The molecule has 2 aromatic heterocycles. The highest BCUT2D eigenvalue weighted by Gasteiger charge is 2.19. The van der Waals surface area contributed by atoms with Gasteiger partial charge in [0.15, 0.2) is 0 Å². The van der Waals surface area contributed by atoms with Gasteiger partial charge < -0.3 is 4.74 Å². The van der Waals surface area contributed by atoms with E-state index >= 15 is 0 Å². The fourth-order valence-corrected chi connectivity index (χ4v) is 3.39. The van der Waals surface area contributed by atoms with E-state index in [1.54, 1.807) is 6.20 Å². The Morgan fingerprint density at radius 1 is 1.33 bits per heavy atom. The van der Waals surface area contributed by atoms with Crippen molar-refractivity contribution in [2.45, 2.75) is 38.2 Å². The van der Waals surface area contributed by atoms with E-state index in [2.05, 4.69) is 32.7 Å². The third-order valence-electron chi connectivity index (χ3n) is 3.52. The zero-order chi connectivity index (χ0) is 12.5. The second kappa shape index (κ2) is 5.03. The molecule has 4 nitrogen and oxygen atoms in total. The molecule has 0 unspecified atom stereocenters. The van der Waals surface area contributed by atoms with Crippen molar-refractivity contribution < 1.29 is 4.74 Å². The minimum atomic E-state index is 0.327. The van der Waals surface area contributed by atoms with Crippen LogP contribution < -0.4 is 4.74 Å². The highest BCUT2D eigenvalue weighted by Crippen LogP contribution is 2.30. The van der Waals surface area contributed by atoms with Crippen molar-refractivity contribution in [2.75, 3.05) is 0 Å². The van der Waals surface area contributed by atoms with E-state index < -0.39 is 0 Å². The topological polar surface area (TPSA) is 39.9 Å². The van der Waals surface area contributed by atoms with E-state index in [-0.39, 0.29) is 0 Å². The summed E-state index contributed by atoms with van der Waals surface area (Å²) in [6.45, 7) is 0. The van der Waals surface area contributed by atoms with Gasteiger partial charge in [0.25, 0.3) is 0 Å². The molecule has 2 aromatic rings. The molecule has 0 bridgehead atoms. The monoisotopic (exact) mass is 357 g/mol. The van der Waals surface area contributed by atoms with E-state index in [9.17, 15) is 0 Å². The van der Waals surface area contributed by atoms with Crippen LogP contribution in [0, 0.1) is 3.70 Å². The van der Waals surface area contributed by atoms with Gasteiger partial charge in [-0.2, -0.15) is 5.10 Å². The minimum absolute atomic E-state index is 0.327. The predicted octanol–water partition coefficient (Wildman–Crippen LogP) is 3.28. The SMILES string of the molecule is Cn1nc(I)c2c(OC3CCCCC3)nccc21. The molecule has 1 fully saturated rings. The summed E-state index contributed by atoms with van der Waals surface area (Å²) in [6.07, 6.45) is 8.30. The first-order chi connectivity index (χ1) is 8.75. The molecule has 1 aliphatic carbocycles. The molecule has 0 atom stereocenters. The second-order valence-corrected chi connectivity index (χ2v) is 5.82. The Balaban J connectivity index is 1.95. The summed E-state index contributed by atoms with van der Waals surface area (Å²) >= 11 is 2.25. The molecule has 1 saturated carbocycles. The Labute approximate surface area is 120 Å². The van der Waals surface area contributed by atoms with Crippen LogP contribution in [0.2, 0.25) is 0 Å². The number of hydrogen-bond donors (Lipinski definition) is 0. The van der Waals surface area contributed by atoms with E-state index in [1.807, 2.05) is 17.8 Å². The lowest BCUT2D eigenvalue weighted by molar-refractivity contribution is 0.151. The molecule has 0 saturated heterocycles. The number of aromatic nitrogens is 3. The van der Waals surface area contributed by atoms with Crippen LogP contribution in [0.5, 0.6) is 5.88 Å². The molecule has 2 heterocycles. The van der Waals surface area contributed by atoms with Gasteiger partial charge in [0, 0.05) is 13.2 Å². The van der Waals surface area contributed by atoms with Gasteiger partial charge in [-0.05, 0) is 54.3 Å². The Bertz CT molecular complexity index is 561. The number of ether oxygens (including phenoxy) is 1. The molecular weight excluding hydrogens is 341 g/mol. The number of nitrogens with zero attached hydrogens (tertiary/aromatic N) is 3. The Hall–Kier alpha value is -0.850. The summed E-state index contributed by atoms with van der Waals surface area (Å²) in [5.74, 6) is 0.747. The van der Waals surface area contributed by atoms with Gasteiger partial charge in [-0.25, -0.2) is 4.98 Å². The fourth-order valence-electron chi connectivity index (χ4n) is 2.56. The van der Waals surface area contributed by atoms with Crippen LogP contribution in [-0.2, 0) is 7.05 Å². The van der Waals surface area contributed by atoms with Gasteiger partial charge in [0.05, 0.1) is 10.9 Å². The van der Waals surface area contributed by atoms with Crippen LogP contribution in [0.4, 0.5) is 0 Å². The number of pyridine rings is 1. The van der Waals surface area contributed by atoms with Gasteiger partial charge in [0.2, 0.25) is 5.88 Å². The van der Waals surface area contributed by atoms with Crippen LogP contribution in [0.1, 0.15) is 32.1 Å². The summed E-state index contributed by atoms with van der Waals surface area (Å²) < 4.78 is 8.94. The van der Waals surface area contributed by atoms with E-state index in [0.29, 0.717) is 6.10 Å². The molecule has 3 rings (SSSR count). The molecule has 0 amide bonds. The summed E-state index contributed by atoms with van der Waals surface area (Å²) in [4.78, 5) is 4.39. The first-order valence-electron chi connectivity index (χ1n) is 6.39. The molecule has 5 heteroatoms. The van der Waals surface area contributed by atoms with E-state index in [1.165, 1.54) is 19.3 Å². The number of rotatable bonds is 2. The average molecular weight is 357 g/mol. The third kappa shape index (κ3) is 2.20. The van der Waals surface area contributed by atoms with Crippen molar-refractivity contribution in [3.05, 3.63) is 16.0 Å². The number of halogens is 1. The Morgan fingerprint density at radius 2 is 2.11 bits per heavy atom. The zero-order valence-corrected chi connectivity index (χ0v) is 12.6. The molecule has 18 heavy (non-hydrogen) atoms. The van der Waals surface area contributed by atoms with Crippen molar-refractivity contribution in [3.63, 3.8) is 0 Å². The molecule has 1 aliphatic rings. The van der Waals surface area contributed by atoms with Crippen molar-refractivity contribution in [1.29, 1.82) is 0 Å². The summed E-state index contributed by atoms with van der Waals surface area (Å²) in [5.41, 5.74) is 1.08. The predicted molar refractivity (Wildman–Crippen MR) is 78.7 cm³/mol. The molecule has 0 spiro atoms. The maximum atomic E-state index is 6.09. The standard InChI is InChI=1S/C13H16IN3O/c1-17-10-7-8-15-13(11(10)12(14)16-17)18-9-5-3-2-4-6-9/h7-9H,2-6H2,1H3. The van der Waals surface area contributed by atoms with Crippen LogP contribution in [0.25, 0.3) is 10.9 Å². The first-order valence-corrected chi connectivity index (χ1v) is 7.47. The van der Waals surface area contributed by atoms with Crippen LogP contribution in [-0.4, -0.2) is 20.9 Å². The van der Waals surface area contributed by atoms with Crippen molar-refractivity contribution in [2.24, 2.45) is 7.05 Å². The Morgan fingerprint density at radius 3 is 2.89 bits per heavy atom. The maximum absolute atomic E-state index is 6.09. The lowest BCUT2D eigenvalue weighted by Crippen LogP contribution is -2.20. The average Bonchev–Trinajstić information content (AvgIpc) is 2.67. The van der Waals surface area contributed by atoms with Gasteiger partial charge in [-0.15, -0.1) is 0 Å². The second-order valence-electron chi connectivity index (χ2n) is 4.80. The lowest BCUT2D eigenvalue weighted by atomic mass is 9.98. The fraction of sp³-hybridized carbons (Fsp3) is 0.538. The number of aryl methyl sites for hydroxylation is 1. The van der Waals surface area contributed by atoms with Crippen LogP contribution in [0.15, 0.2) is 12.3 Å². The van der Waals surface area contributed by atoms with Crippen LogP contribution in [0.3, 0.4) is 0 Å². The normalized spacial score (nSPS) is 17.2.